The first-order chi connectivity index (χ1) is 14.0. The number of fused-ring (bicyclic) bond motifs is 1. The monoisotopic (exact) mass is 413 g/mol. The molecule has 8 nitrogen and oxygen atoms in total. The minimum absolute atomic E-state index is 0.110. The zero-order chi connectivity index (χ0) is 20.8. The Morgan fingerprint density at radius 1 is 1.24 bits per heavy atom. The molecule has 0 spiro atoms. The molecule has 0 radical (unpaired) electrons. The lowest BCUT2D eigenvalue weighted by atomic mass is 10.2. The van der Waals surface area contributed by atoms with E-state index in [4.69, 9.17) is 4.74 Å². The number of nitro benzene ring substituents is 1. The molecular formula is C20H19N3O5S. The normalized spacial score (nSPS) is 10.8. The van der Waals surface area contributed by atoms with E-state index in [0.717, 1.165) is 0 Å². The molecule has 0 aliphatic heterocycles. The topological polar surface area (TPSA) is 104 Å². The van der Waals surface area contributed by atoms with E-state index in [1.165, 1.54) is 34.5 Å². The minimum Gasteiger partial charge on any atom is -0.466 e. The Morgan fingerprint density at radius 2 is 2.03 bits per heavy atom. The molecule has 0 saturated carbocycles. The van der Waals surface area contributed by atoms with Crippen LogP contribution in [0.3, 0.4) is 0 Å². The summed E-state index contributed by atoms with van der Waals surface area (Å²) in [6.07, 6.45) is 0.830. The van der Waals surface area contributed by atoms with Crippen molar-refractivity contribution < 1.29 is 14.5 Å². The number of esters is 1. The maximum absolute atomic E-state index is 13.1. The smallest absolute Gasteiger partial charge is 0.305 e. The molecule has 0 aliphatic carbocycles. The molecule has 0 saturated heterocycles. The highest BCUT2D eigenvalue weighted by atomic mass is 32.2. The number of nitro groups is 1. The standard InChI is InChI=1S/C20H19N3O5S/c1-2-28-18(24)11-6-12-29-20-21-17-10-4-3-9-16(17)19(25)22(20)14-7-5-8-15(13-14)23(26)27/h3-5,7-10,13H,2,6,11-12H2,1H3. The van der Waals surface area contributed by atoms with Crippen LogP contribution in [-0.4, -0.2) is 32.8 Å². The second-order valence-electron chi connectivity index (χ2n) is 6.09. The average Bonchev–Trinajstić information content (AvgIpc) is 2.71. The number of ether oxygens (including phenoxy) is 1. The second-order valence-corrected chi connectivity index (χ2v) is 7.15. The van der Waals surface area contributed by atoms with Crippen LogP contribution in [-0.2, 0) is 9.53 Å². The predicted octanol–water partition coefficient (Wildman–Crippen LogP) is 3.73. The highest BCUT2D eigenvalue weighted by molar-refractivity contribution is 7.99. The summed E-state index contributed by atoms with van der Waals surface area (Å²) in [6, 6.07) is 12.8. The quantitative estimate of drug-likeness (QED) is 0.138. The van der Waals surface area contributed by atoms with Crippen LogP contribution in [0.2, 0.25) is 0 Å². The van der Waals surface area contributed by atoms with E-state index in [2.05, 4.69) is 4.98 Å². The van der Waals surface area contributed by atoms with Gasteiger partial charge in [0.05, 0.1) is 28.1 Å². The number of nitrogens with zero attached hydrogens (tertiary/aromatic N) is 3. The Hall–Kier alpha value is -3.20. The molecule has 3 aromatic rings. The van der Waals surface area contributed by atoms with Gasteiger partial charge in [-0.25, -0.2) is 4.98 Å². The van der Waals surface area contributed by atoms with Crippen LogP contribution in [0.4, 0.5) is 5.69 Å². The SMILES string of the molecule is CCOC(=O)CCCSc1nc2ccccc2c(=O)n1-c1cccc([N+](=O)[O-])c1. The van der Waals surface area contributed by atoms with Gasteiger partial charge in [-0.1, -0.05) is 30.0 Å². The summed E-state index contributed by atoms with van der Waals surface area (Å²) in [5.41, 5.74) is 0.507. The van der Waals surface area contributed by atoms with Gasteiger partial charge in [-0.3, -0.25) is 24.3 Å². The maximum atomic E-state index is 13.1. The van der Waals surface area contributed by atoms with Crippen molar-refractivity contribution >= 4 is 34.3 Å². The number of rotatable bonds is 8. The summed E-state index contributed by atoms with van der Waals surface area (Å²) in [5, 5.41) is 12.0. The number of para-hydroxylation sites is 1. The van der Waals surface area contributed by atoms with Gasteiger partial charge in [-0.05, 0) is 31.5 Å². The highest BCUT2D eigenvalue weighted by Gasteiger charge is 2.16. The Morgan fingerprint density at radius 3 is 2.79 bits per heavy atom. The number of non-ortho nitro benzene ring substituents is 1. The number of benzene rings is 2. The van der Waals surface area contributed by atoms with Crippen LogP contribution in [0, 0.1) is 10.1 Å². The zero-order valence-corrected chi connectivity index (χ0v) is 16.6. The Balaban J connectivity index is 1.98. The number of hydrogen-bond donors (Lipinski definition) is 0. The molecule has 3 rings (SSSR count). The largest absolute Gasteiger partial charge is 0.466 e. The Bertz CT molecular complexity index is 1110. The molecule has 0 atom stereocenters. The van der Waals surface area contributed by atoms with Gasteiger partial charge in [0.15, 0.2) is 5.16 Å². The Labute approximate surface area is 170 Å². The summed E-state index contributed by atoms with van der Waals surface area (Å²) in [6.45, 7) is 2.09. The lowest BCUT2D eigenvalue weighted by molar-refractivity contribution is -0.384. The van der Waals surface area contributed by atoms with E-state index in [1.807, 2.05) is 0 Å². The van der Waals surface area contributed by atoms with Gasteiger partial charge in [0.1, 0.15) is 0 Å². The van der Waals surface area contributed by atoms with Gasteiger partial charge in [0, 0.05) is 24.3 Å². The van der Waals surface area contributed by atoms with Crippen LogP contribution in [0.5, 0.6) is 0 Å². The molecule has 0 aliphatic rings. The fraction of sp³-hybridized carbons (Fsp3) is 0.250. The molecule has 0 N–H and O–H groups in total. The van der Waals surface area contributed by atoms with Crippen molar-refractivity contribution in [1.29, 1.82) is 0 Å². The van der Waals surface area contributed by atoms with Crippen molar-refractivity contribution in [3.8, 4) is 5.69 Å². The molecule has 29 heavy (non-hydrogen) atoms. The molecule has 2 aromatic carbocycles. The van der Waals surface area contributed by atoms with Gasteiger partial charge in [0.25, 0.3) is 11.2 Å². The van der Waals surface area contributed by atoms with Crippen LogP contribution in [0.15, 0.2) is 58.5 Å². The first-order valence-corrected chi connectivity index (χ1v) is 10.0. The van der Waals surface area contributed by atoms with Crippen molar-refractivity contribution in [3.63, 3.8) is 0 Å². The first kappa shape index (κ1) is 20.5. The Kier molecular flexibility index (Phi) is 6.61. The van der Waals surface area contributed by atoms with E-state index in [1.54, 1.807) is 37.3 Å². The fourth-order valence-electron chi connectivity index (χ4n) is 2.80. The molecule has 0 unspecified atom stereocenters. The molecule has 0 bridgehead atoms. The molecule has 150 valence electrons. The number of aromatic nitrogens is 2. The van der Waals surface area contributed by atoms with E-state index < -0.39 is 4.92 Å². The van der Waals surface area contributed by atoms with E-state index in [-0.39, 0.29) is 23.6 Å². The van der Waals surface area contributed by atoms with E-state index >= 15 is 0 Å². The van der Waals surface area contributed by atoms with Crippen LogP contribution >= 0.6 is 11.8 Å². The fourth-order valence-corrected chi connectivity index (χ4v) is 3.75. The van der Waals surface area contributed by atoms with E-state index in [0.29, 0.717) is 40.5 Å². The van der Waals surface area contributed by atoms with E-state index in [9.17, 15) is 19.7 Å². The average molecular weight is 413 g/mol. The lowest BCUT2D eigenvalue weighted by Gasteiger charge is -2.13. The summed E-state index contributed by atoms with van der Waals surface area (Å²) in [5.74, 6) is 0.272. The number of hydrogen-bond acceptors (Lipinski definition) is 7. The maximum Gasteiger partial charge on any atom is 0.305 e. The van der Waals surface area contributed by atoms with Crippen molar-refractivity contribution in [2.45, 2.75) is 24.9 Å². The molecule has 0 amide bonds. The van der Waals surface area contributed by atoms with Crippen molar-refractivity contribution in [2.24, 2.45) is 0 Å². The number of carbonyl (C=O) groups excluding carboxylic acids is 1. The van der Waals surface area contributed by atoms with Crippen molar-refractivity contribution in [1.82, 2.24) is 9.55 Å². The van der Waals surface area contributed by atoms with Gasteiger partial charge in [-0.2, -0.15) is 0 Å². The summed E-state index contributed by atoms with van der Waals surface area (Å²) in [4.78, 5) is 39.9. The third-order valence-electron chi connectivity index (χ3n) is 4.11. The van der Waals surface area contributed by atoms with Gasteiger partial charge in [0.2, 0.25) is 0 Å². The lowest BCUT2D eigenvalue weighted by Crippen LogP contribution is -2.22. The van der Waals surface area contributed by atoms with Crippen molar-refractivity contribution in [2.75, 3.05) is 12.4 Å². The second kappa shape index (κ2) is 9.33. The zero-order valence-electron chi connectivity index (χ0n) is 15.7. The van der Waals surface area contributed by atoms with Crippen molar-refractivity contribution in [3.05, 3.63) is 69.0 Å². The molecule has 9 heteroatoms. The van der Waals surface area contributed by atoms with Gasteiger partial charge < -0.3 is 4.74 Å². The molecule has 1 aromatic heterocycles. The number of thioether (sulfide) groups is 1. The molecular weight excluding hydrogens is 394 g/mol. The predicted molar refractivity (Wildman–Crippen MR) is 111 cm³/mol. The third kappa shape index (κ3) is 4.80. The van der Waals surface area contributed by atoms with Gasteiger partial charge >= 0.3 is 5.97 Å². The van der Waals surface area contributed by atoms with Crippen LogP contribution < -0.4 is 5.56 Å². The van der Waals surface area contributed by atoms with Gasteiger partial charge in [-0.15, -0.1) is 0 Å². The third-order valence-corrected chi connectivity index (χ3v) is 5.13. The minimum atomic E-state index is -0.505. The van der Waals surface area contributed by atoms with Crippen LogP contribution in [0.1, 0.15) is 19.8 Å². The summed E-state index contributed by atoms with van der Waals surface area (Å²) < 4.78 is 6.30. The molecule has 0 fully saturated rings. The number of carbonyl (C=O) groups is 1. The molecule has 1 heterocycles. The first-order valence-electron chi connectivity index (χ1n) is 9.06. The summed E-state index contributed by atoms with van der Waals surface area (Å²) >= 11 is 1.32. The summed E-state index contributed by atoms with van der Waals surface area (Å²) in [7, 11) is 0. The van der Waals surface area contributed by atoms with Crippen LogP contribution in [0.25, 0.3) is 16.6 Å². The highest BCUT2D eigenvalue weighted by Crippen LogP contribution is 2.24.